The molecule has 0 aliphatic heterocycles. The van der Waals surface area contributed by atoms with Crippen molar-refractivity contribution in [2.75, 3.05) is 11.4 Å². The monoisotopic (exact) mass is 339 g/mol. The van der Waals surface area contributed by atoms with E-state index in [4.69, 9.17) is 0 Å². The van der Waals surface area contributed by atoms with Gasteiger partial charge in [0.1, 0.15) is 0 Å². The predicted molar refractivity (Wildman–Crippen MR) is 95.2 cm³/mol. The van der Waals surface area contributed by atoms with E-state index in [9.17, 15) is 14.4 Å². The number of amides is 2. The minimum atomic E-state index is -0.157. The first-order valence-corrected chi connectivity index (χ1v) is 8.02. The maximum atomic E-state index is 12.0. The van der Waals surface area contributed by atoms with Crippen LogP contribution in [0.4, 0.5) is 5.69 Å². The molecule has 0 saturated heterocycles. The van der Waals surface area contributed by atoms with Crippen molar-refractivity contribution in [3.63, 3.8) is 0 Å². The van der Waals surface area contributed by atoms with Crippen molar-refractivity contribution < 1.29 is 14.4 Å². The van der Waals surface area contributed by atoms with Crippen molar-refractivity contribution in [3.8, 4) is 0 Å². The maximum Gasteiger partial charge on any atom is 0.223 e. The highest BCUT2D eigenvalue weighted by molar-refractivity contribution is 5.96. The Morgan fingerprint density at radius 2 is 1.80 bits per heavy atom. The van der Waals surface area contributed by atoms with Gasteiger partial charge in [-0.1, -0.05) is 6.07 Å². The summed E-state index contributed by atoms with van der Waals surface area (Å²) in [6.07, 6.45) is 3.56. The number of hydrogen-bond donors (Lipinski definition) is 1. The van der Waals surface area contributed by atoms with Crippen molar-refractivity contribution >= 4 is 23.3 Å². The quantitative estimate of drug-likeness (QED) is 0.785. The lowest BCUT2D eigenvalue weighted by Crippen LogP contribution is -2.33. The van der Waals surface area contributed by atoms with Gasteiger partial charge in [0, 0.05) is 50.1 Å². The zero-order valence-electron chi connectivity index (χ0n) is 14.4. The Hall–Kier alpha value is -3.02. The Morgan fingerprint density at radius 3 is 2.36 bits per heavy atom. The Kier molecular flexibility index (Phi) is 6.39. The summed E-state index contributed by atoms with van der Waals surface area (Å²) < 4.78 is 0. The largest absolute Gasteiger partial charge is 0.352 e. The first-order valence-electron chi connectivity index (χ1n) is 8.02. The fourth-order valence-electron chi connectivity index (χ4n) is 2.35. The number of rotatable bonds is 7. The summed E-state index contributed by atoms with van der Waals surface area (Å²) in [5, 5.41) is 2.81. The number of carbonyl (C=O) groups excluding carboxylic acids is 3. The zero-order chi connectivity index (χ0) is 18.2. The lowest BCUT2D eigenvalue weighted by molar-refractivity contribution is -0.121. The van der Waals surface area contributed by atoms with Crippen LogP contribution in [0.3, 0.4) is 0 Å². The number of hydrogen-bond acceptors (Lipinski definition) is 4. The summed E-state index contributed by atoms with van der Waals surface area (Å²) in [6.45, 7) is 3.62. The van der Waals surface area contributed by atoms with Crippen LogP contribution in [0.1, 0.15) is 36.2 Å². The molecule has 130 valence electrons. The smallest absolute Gasteiger partial charge is 0.223 e. The Bertz CT molecular complexity index is 742. The number of pyridine rings is 1. The van der Waals surface area contributed by atoms with Gasteiger partial charge in [-0.3, -0.25) is 19.4 Å². The second-order valence-electron chi connectivity index (χ2n) is 5.66. The van der Waals surface area contributed by atoms with Crippen LogP contribution in [0.25, 0.3) is 0 Å². The summed E-state index contributed by atoms with van der Waals surface area (Å²) in [5.41, 5.74) is 2.16. The topological polar surface area (TPSA) is 79.4 Å². The lowest BCUT2D eigenvalue weighted by atomic mass is 10.1. The molecule has 0 aliphatic rings. The van der Waals surface area contributed by atoms with Crippen LogP contribution in [0.15, 0.2) is 48.8 Å². The molecule has 0 bridgehead atoms. The van der Waals surface area contributed by atoms with Crippen molar-refractivity contribution in [3.05, 3.63) is 59.9 Å². The third kappa shape index (κ3) is 5.53. The van der Waals surface area contributed by atoms with Crippen molar-refractivity contribution in [1.29, 1.82) is 0 Å². The number of benzene rings is 1. The number of anilines is 1. The van der Waals surface area contributed by atoms with Crippen LogP contribution >= 0.6 is 0 Å². The van der Waals surface area contributed by atoms with E-state index >= 15 is 0 Å². The van der Waals surface area contributed by atoms with E-state index in [1.54, 1.807) is 36.7 Å². The van der Waals surface area contributed by atoms with Gasteiger partial charge < -0.3 is 10.2 Å². The molecule has 0 saturated carbocycles. The summed E-state index contributed by atoms with van der Waals surface area (Å²) in [5.74, 6) is -0.332. The molecule has 6 nitrogen and oxygen atoms in total. The van der Waals surface area contributed by atoms with Gasteiger partial charge in [-0.05, 0) is 42.8 Å². The molecule has 1 N–H and O–H groups in total. The second kappa shape index (κ2) is 8.73. The third-order valence-electron chi connectivity index (χ3n) is 3.74. The van der Waals surface area contributed by atoms with E-state index in [0.717, 1.165) is 5.56 Å². The van der Waals surface area contributed by atoms with Crippen LogP contribution in [-0.4, -0.2) is 29.1 Å². The molecule has 2 aromatic rings. The average molecular weight is 339 g/mol. The van der Waals surface area contributed by atoms with Gasteiger partial charge in [-0.2, -0.15) is 0 Å². The molecule has 0 unspecified atom stereocenters. The molecule has 25 heavy (non-hydrogen) atoms. The lowest BCUT2D eigenvalue weighted by Gasteiger charge is -2.21. The molecule has 2 amide bonds. The van der Waals surface area contributed by atoms with Crippen molar-refractivity contribution in [2.24, 2.45) is 0 Å². The zero-order valence-corrected chi connectivity index (χ0v) is 14.4. The molecule has 0 spiro atoms. The number of nitrogens with one attached hydrogen (secondary N) is 1. The van der Waals surface area contributed by atoms with Gasteiger partial charge >= 0.3 is 0 Å². The molecular weight excluding hydrogens is 318 g/mol. The minimum absolute atomic E-state index is 0.0318. The standard InChI is InChI=1S/C19H21N3O3/c1-14(23)17-5-7-18(8-6-17)22(15(2)24)11-9-19(25)21-13-16-4-3-10-20-12-16/h3-8,10,12H,9,11,13H2,1-2H3,(H,21,25). The van der Waals surface area contributed by atoms with Gasteiger partial charge in [0.05, 0.1) is 0 Å². The van der Waals surface area contributed by atoms with Gasteiger partial charge in [-0.25, -0.2) is 0 Å². The van der Waals surface area contributed by atoms with E-state index in [0.29, 0.717) is 17.8 Å². The van der Waals surface area contributed by atoms with Crippen molar-refractivity contribution in [2.45, 2.75) is 26.8 Å². The molecule has 0 aliphatic carbocycles. The van der Waals surface area contributed by atoms with E-state index in [1.807, 2.05) is 12.1 Å². The van der Waals surface area contributed by atoms with E-state index in [1.165, 1.54) is 18.7 Å². The number of carbonyl (C=O) groups is 3. The SMILES string of the molecule is CC(=O)c1ccc(N(CCC(=O)NCc2cccnc2)C(C)=O)cc1. The summed E-state index contributed by atoms with van der Waals surface area (Å²) >= 11 is 0. The van der Waals surface area contributed by atoms with Gasteiger partial charge in [0.25, 0.3) is 0 Å². The fourth-order valence-corrected chi connectivity index (χ4v) is 2.35. The van der Waals surface area contributed by atoms with E-state index < -0.39 is 0 Å². The Morgan fingerprint density at radius 1 is 1.08 bits per heavy atom. The highest BCUT2D eigenvalue weighted by Crippen LogP contribution is 2.16. The molecule has 0 atom stereocenters. The third-order valence-corrected chi connectivity index (χ3v) is 3.74. The van der Waals surface area contributed by atoms with Crippen LogP contribution < -0.4 is 10.2 Å². The van der Waals surface area contributed by atoms with Crippen molar-refractivity contribution in [1.82, 2.24) is 10.3 Å². The number of ketones is 1. The van der Waals surface area contributed by atoms with Gasteiger partial charge in [-0.15, -0.1) is 0 Å². The molecule has 1 aromatic carbocycles. The van der Waals surface area contributed by atoms with Crippen LogP contribution in [-0.2, 0) is 16.1 Å². The Balaban J connectivity index is 1.91. The number of nitrogens with zero attached hydrogens (tertiary/aromatic N) is 2. The molecule has 1 heterocycles. The molecule has 2 rings (SSSR count). The molecule has 6 heteroatoms. The maximum absolute atomic E-state index is 12.0. The first kappa shape index (κ1) is 18.3. The normalized spacial score (nSPS) is 10.2. The number of aromatic nitrogens is 1. The highest BCUT2D eigenvalue weighted by Gasteiger charge is 2.14. The minimum Gasteiger partial charge on any atom is -0.352 e. The summed E-state index contributed by atoms with van der Waals surface area (Å²) in [6, 6.07) is 10.5. The van der Waals surface area contributed by atoms with Gasteiger partial charge in [0.15, 0.2) is 5.78 Å². The first-order chi connectivity index (χ1) is 12.0. The van der Waals surface area contributed by atoms with E-state index in [-0.39, 0.29) is 30.6 Å². The van der Waals surface area contributed by atoms with E-state index in [2.05, 4.69) is 10.3 Å². The second-order valence-corrected chi connectivity index (χ2v) is 5.66. The van der Waals surface area contributed by atoms with Crippen LogP contribution in [0.2, 0.25) is 0 Å². The molecule has 1 aromatic heterocycles. The average Bonchev–Trinajstić information content (AvgIpc) is 2.61. The summed E-state index contributed by atoms with van der Waals surface area (Å²) in [7, 11) is 0. The van der Waals surface area contributed by atoms with Crippen LogP contribution in [0, 0.1) is 0 Å². The fraction of sp³-hybridized carbons (Fsp3) is 0.263. The predicted octanol–water partition coefficient (Wildman–Crippen LogP) is 2.34. The number of Topliss-reactive ketones (excluding diaryl/α,β-unsaturated/α-hetero) is 1. The highest BCUT2D eigenvalue weighted by atomic mass is 16.2. The van der Waals surface area contributed by atoms with Gasteiger partial charge in [0.2, 0.25) is 11.8 Å². The molecule has 0 fully saturated rings. The summed E-state index contributed by atoms with van der Waals surface area (Å²) in [4.78, 5) is 40.7. The van der Waals surface area contributed by atoms with Crippen LogP contribution in [0.5, 0.6) is 0 Å². The molecule has 0 radical (unpaired) electrons. The Labute approximate surface area is 146 Å². The molecular formula is C19H21N3O3.